The molecule has 0 bridgehead atoms. The van der Waals surface area contributed by atoms with E-state index < -0.39 is 5.91 Å². The lowest BCUT2D eigenvalue weighted by Crippen LogP contribution is -2.34. The molecule has 5 nitrogen and oxygen atoms in total. The lowest BCUT2D eigenvalue weighted by molar-refractivity contribution is 0.0975. The van der Waals surface area contributed by atoms with E-state index in [2.05, 4.69) is 31.4 Å². The Balaban J connectivity index is 1.71. The van der Waals surface area contributed by atoms with Crippen LogP contribution in [0.2, 0.25) is 0 Å². The van der Waals surface area contributed by atoms with Crippen molar-refractivity contribution in [3.63, 3.8) is 0 Å². The second kappa shape index (κ2) is 8.01. The third-order valence-electron chi connectivity index (χ3n) is 4.88. The molecule has 2 aromatic rings. The van der Waals surface area contributed by atoms with Gasteiger partial charge in [0.2, 0.25) is 0 Å². The summed E-state index contributed by atoms with van der Waals surface area (Å²) >= 11 is 6.79. The van der Waals surface area contributed by atoms with Crippen LogP contribution < -0.4 is 16.4 Å². The standard InChI is InChI=1S/C21H25N3O2S2/c1-21(2,3)13-10-8-12(9-11-13)18(26)23-20(27)24-19-16(17(22)25)14-6-4-5-7-15(14)28-19/h8-11H,4-7H2,1-3H3,(H2,22,25)(H2,23,24,26,27). The lowest BCUT2D eigenvalue weighted by Gasteiger charge is -2.19. The molecule has 0 fully saturated rings. The van der Waals surface area contributed by atoms with Crippen molar-refractivity contribution in [1.29, 1.82) is 0 Å². The maximum Gasteiger partial charge on any atom is 0.257 e. The van der Waals surface area contributed by atoms with Gasteiger partial charge in [-0.15, -0.1) is 11.3 Å². The van der Waals surface area contributed by atoms with Gasteiger partial charge in [0.25, 0.3) is 11.8 Å². The zero-order valence-electron chi connectivity index (χ0n) is 16.3. The summed E-state index contributed by atoms with van der Waals surface area (Å²) in [5.41, 5.74) is 8.83. The van der Waals surface area contributed by atoms with Gasteiger partial charge in [-0.3, -0.25) is 14.9 Å². The molecule has 3 rings (SSSR count). The SMILES string of the molecule is CC(C)(C)c1ccc(C(=O)NC(=S)Nc2sc3c(c2C(N)=O)CCCC3)cc1. The van der Waals surface area contributed by atoms with Gasteiger partial charge >= 0.3 is 0 Å². The van der Waals surface area contributed by atoms with Crippen LogP contribution in [0.4, 0.5) is 5.00 Å². The summed E-state index contributed by atoms with van der Waals surface area (Å²) in [5, 5.41) is 6.46. The number of nitrogens with one attached hydrogen (secondary N) is 2. The molecular formula is C21H25N3O2S2. The van der Waals surface area contributed by atoms with Crippen LogP contribution in [0.5, 0.6) is 0 Å². The molecule has 7 heteroatoms. The van der Waals surface area contributed by atoms with E-state index in [9.17, 15) is 9.59 Å². The highest BCUT2D eigenvalue weighted by atomic mass is 32.1. The summed E-state index contributed by atoms with van der Waals surface area (Å²) in [6.07, 6.45) is 3.96. The first-order chi connectivity index (χ1) is 13.2. The molecule has 1 aromatic heterocycles. The number of rotatable bonds is 3. The molecule has 1 aromatic carbocycles. The lowest BCUT2D eigenvalue weighted by atomic mass is 9.87. The summed E-state index contributed by atoms with van der Waals surface area (Å²) in [4.78, 5) is 25.6. The van der Waals surface area contributed by atoms with Crippen molar-refractivity contribution < 1.29 is 9.59 Å². The van der Waals surface area contributed by atoms with Gasteiger partial charge in [-0.25, -0.2) is 0 Å². The average Bonchev–Trinajstić information content (AvgIpc) is 2.98. The predicted octanol–water partition coefficient (Wildman–Crippen LogP) is 4.15. The number of benzene rings is 1. The second-order valence-corrected chi connectivity index (χ2v) is 9.53. The Bertz CT molecular complexity index is 924. The Kier molecular flexibility index (Phi) is 5.86. The number of thiophene rings is 1. The van der Waals surface area contributed by atoms with Gasteiger partial charge in [-0.05, 0) is 66.6 Å². The highest BCUT2D eigenvalue weighted by molar-refractivity contribution is 7.80. The van der Waals surface area contributed by atoms with E-state index in [1.165, 1.54) is 16.2 Å². The van der Waals surface area contributed by atoms with E-state index in [4.69, 9.17) is 18.0 Å². The number of primary amides is 1. The number of anilines is 1. The Morgan fingerprint density at radius 2 is 1.75 bits per heavy atom. The molecule has 0 atom stereocenters. The van der Waals surface area contributed by atoms with E-state index in [0.29, 0.717) is 16.1 Å². The third kappa shape index (κ3) is 4.42. The molecule has 4 N–H and O–H groups in total. The minimum absolute atomic E-state index is 0.0231. The number of fused-ring (bicyclic) bond motifs is 1. The molecule has 0 aliphatic heterocycles. The normalized spacial score (nSPS) is 13.5. The fourth-order valence-corrected chi connectivity index (χ4v) is 4.90. The summed E-state index contributed by atoms with van der Waals surface area (Å²) in [6, 6.07) is 7.47. The minimum Gasteiger partial charge on any atom is -0.365 e. The first-order valence-electron chi connectivity index (χ1n) is 9.34. The number of hydrogen-bond acceptors (Lipinski definition) is 4. The van der Waals surface area contributed by atoms with E-state index in [0.717, 1.165) is 36.8 Å². The second-order valence-electron chi connectivity index (χ2n) is 8.01. The highest BCUT2D eigenvalue weighted by Gasteiger charge is 2.24. The summed E-state index contributed by atoms with van der Waals surface area (Å²) < 4.78 is 0. The number of thiocarbonyl (C=S) groups is 1. The van der Waals surface area contributed by atoms with Crippen molar-refractivity contribution in [2.24, 2.45) is 5.73 Å². The largest absolute Gasteiger partial charge is 0.365 e. The highest BCUT2D eigenvalue weighted by Crippen LogP contribution is 2.37. The number of carbonyl (C=O) groups is 2. The van der Waals surface area contributed by atoms with Crippen molar-refractivity contribution in [2.45, 2.75) is 51.9 Å². The molecule has 28 heavy (non-hydrogen) atoms. The fraction of sp³-hybridized carbons (Fsp3) is 0.381. The molecule has 1 aliphatic rings. The van der Waals surface area contributed by atoms with Crippen molar-refractivity contribution in [1.82, 2.24) is 5.32 Å². The zero-order chi connectivity index (χ0) is 20.5. The number of aryl methyl sites for hydroxylation is 1. The Labute approximate surface area is 174 Å². The van der Waals surface area contributed by atoms with Crippen LogP contribution >= 0.6 is 23.6 Å². The molecule has 0 unspecified atom stereocenters. The van der Waals surface area contributed by atoms with Crippen LogP contribution in [-0.2, 0) is 18.3 Å². The third-order valence-corrected chi connectivity index (χ3v) is 6.30. The smallest absolute Gasteiger partial charge is 0.257 e. The molecule has 1 aliphatic carbocycles. The molecule has 1 heterocycles. The Hall–Kier alpha value is -2.25. The molecule has 0 saturated carbocycles. The van der Waals surface area contributed by atoms with Gasteiger partial charge < -0.3 is 11.1 Å². The topological polar surface area (TPSA) is 84.2 Å². The van der Waals surface area contributed by atoms with Gasteiger partial charge in [0, 0.05) is 10.4 Å². The maximum atomic E-state index is 12.5. The minimum atomic E-state index is -0.464. The van der Waals surface area contributed by atoms with E-state index in [1.807, 2.05) is 12.1 Å². The summed E-state index contributed by atoms with van der Waals surface area (Å²) in [5.74, 6) is -0.756. The molecule has 0 saturated heterocycles. The quantitative estimate of drug-likeness (QED) is 0.658. The van der Waals surface area contributed by atoms with E-state index in [-0.39, 0.29) is 16.4 Å². The average molecular weight is 416 g/mol. The molecule has 148 valence electrons. The number of carbonyl (C=O) groups excluding carboxylic acids is 2. The summed E-state index contributed by atoms with van der Waals surface area (Å²) in [7, 11) is 0. The predicted molar refractivity (Wildman–Crippen MR) is 118 cm³/mol. The first-order valence-corrected chi connectivity index (χ1v) is 10.6. The van der Waals surface area contributed by atoms with Crippen molar-refractivity contribution in [3.8, 4) is 0 Å². The van der Waals surface area contributed by atoms with Crippen LogP contribution in [0.15, 0.2) is 24.3 Å². The van der Waals surface area contributed by atoms with Crippen molar-refractivity contribution >= 4 is 45.5 Å². The molecule has 2 amide bonds. The number of nitrogens with two attached hydrogens (primary N) is 1. The Morgan fingerprint density at radius 1 is 1.11 bits per heavy atom. The van der Waals surface area contributed by atoms with Crippen molar-refractivity contribution in [3.05, 3.63) is 51.4 Å². The van der Waals surface area contributed by atoms with Crippen LogP contribution in [0.1, 0.15) is 70.3 Å². The van der Waals surface area contributed by atoms with Gasteiger partial charge in [0.1, 0.15) is 5.00 Å². The van der Waals surface area contributed by atoms with Crippen LogP contribution in [0.25, 0.3) is 0 Å². The van der Waals surface area contributed by atoms with E-state index >= 15 is 0 Å². The van der Waals surface area contributed by atoms with Gasteiger partial charge in [0.05, 0.1) is 5.56 Å². The van der Waals surface area contributed by atoms with Gasteiger partial charge in [0.15, 0.2) is 5.11 Å². The zero-order valence-corrected chi connectivity index (χ0v) is 18.0. The molecule has 0 radical (unpaired) electrons. The fourth-order valence-electron chi connectivity index (χ4n) is 3.35. The van der Waals surface area contributed by atoms with E-state index in [1.54, 1.807) is 12.1 Å². The van der Waals surface area contributed by atoms with Crippen LogP contribution in [0, 0.1) is 0 Å². The van der Waals surface area contributed by atoms with Crippen LogP contribution in [0.3, 0.4) is 0 Å². The first kappa shape index (κ1) is 20.5. The monoisotopic (exact) mass is 415 g/mol. The molecule has 0 spiro atoms. The van der Waals surface area contributed by atoms with Gasteiger partial charge in [-0.2, -0.15) is 0 Å². The number of amides is 2. The number of hydrogen-bond donors (Lipinski definition) is 3. The van der Waals surface area contributed by atoms with Crippen LogP contribution in [-0.4, -0.2) is 16.9 Å². The summed E-state index contributed by atoms with van der Waals surface area (Å²) in [6.45, 7) is 6.37. The Morgan fingerprint density at radius 3 is 2.36 bits per heavy atom. The maximum absolute atomic E-state index is 12.5. The van der Waals surface area contributed by atoms with Gasteiger partial charge in [-0.1, -0.05) is 32.9 Å². The molecular weight excluding hydrogens is 390 g/mol. The van der Waals surface area contributed by atoms with Crippen molar-refractivity contribution in [2.75, 3.05) is 5.32 Å².